The summed E-state index contributed by atoms with van der Waals surface area (Å²) in [6.45, 7) is 9.83. The number of nitrogens with zero attached hydrogens (tertiary/aromatic N) is 4. The molecule has 3 heterocycles. The van der Waals surface area contributed by atoms with Gasteiger partial charge in [-0.05, 0) is 164 Å². The van der Waals surface area contributed by atoms with E-state index in [1.54, 1.807) is 43.6 Å². The molecule has 64 heavy (non-hydrogen) atoms. The molecule has 1 atom stereocenters. The van der Waals surface area contributed by atoms with Gasteiger partial charge in [0.15, 0.2) is 0 Å². The van der Waals surface area contributed by atoms with E-state index in [0.717, 1.165) is 94.4 Å². The molecule has 5 aromatic carbocycles. The van der Waals surface area contributed by atoms with Gasteiger partial charge >= 0.3 is 0 Å². The van der Waals surface area contributed by atoms with Gasteiger partial charge in [-0.25, -0.2) is 13.5 Å². The summed E-state index contributed by atoms with van der Waals surface area (Å²) in [5.41, 5.74) is 10.3. The van der Waals surface area contributed by atoms with Crippen LogP contribution in [0.4, 0.5) is 17.2 Å². The molecule has 6 aromatic rings. The maximum atomic E-state index is 13.0. The van der Waals surface area contributed by atoms with Crippen LogP contribution in [0.5, 0.6) is 5.75 Å². The first-order valence-corrected chi connectivity index (χ1v) is 23.2. The number of piperidine rings is 1. The minimum Gasteiger partial charge on any atom is -0.496 e. The second-order valence-electron chi connectivity index (χ2n) is 16.4. The van der Waals surface area contributed by atoms with Gasteiger partial charge in [-0.3, -0.25) is 9.59 Å². The number of rotatable bonds is 10. The number of pyridine rings is 1. The second-order valence-corrected chi connectivity index (χ2v) is 17.8. The Morgan fingerprint density at radius 1 is 0.672 bits per heavy atom. The van der Waals surface area contributed by atoms with E-state index in [-0.39, 0.29) is 11.8 Å². The number of aromatic nitrogens is 1. The number of nitriles is 1. The molecule has 0 saturated carbocycles. The van der Waals surface area contributed by atoms with Gasteiger partial charge in [0.25, 0.3) is 11.8 Å². The number of amides is 2. The molecule has 2 saturated heterocycles. The van der Waals surface area contributed by atoms with Crippen molar-refractivity contribution in [3.63, 3.8) is 0 Å². The number of carbonyl (C=O) groups is 2. The quantitative estimate of drug-likeness (QED) is 0.140. The topological polar surface area (TPSA) is 128 Å². The smallest absolute Gasteiger partial charge is 0.255 e. The number of benzene rings is 5. The van der Waals surface area contributed by atoms with Crippen molar-refractivity contribution in [1.82, 2.24) is 9.29 Å². The molecule has 0 aliphatic carbocycles. The summed E-state index contributed by atoms with van der Waals surface area (Å²) in [7, 11) is 0.517. The van der Waals surface area contributed by atoms with Crippen molar-refractivity contribution < 1.29 is 18.5 Å². The van der Waals surface area contributed by atoms with E-state index in [2.05, 4.69) is 39.6 Å². The molecule has 8 rings (SSSR count). The highest BCUT2D eigenvalue weighted by Crippen LogP contribution is 2.31. The fourth-order valence-corrected chi connectivity index (χ4v) is 9.48. The average molecular weight is 873 g/mol. The van der Waals surface area contributed by atoms with Gasteiger partial charge < -0.3 is 20.3 Å². The number of aryl methyl sites for hydroxylation is 2. The SMILES string of the molecule is COc1ccc(-c2cc(C(=O)Nc3ccc(N4CCCCCC4)nc3)ccc2C)cc1C.Cc1c(C(=O)Nc2ccc(S(=O)N3CCCCC3)cc2)cccc1-c1ccc(C#N)cc1. The Kier molecular flexibility index (Phi) is 15.4. The van der Waals surface area contributed by atoms with Crippen LogP contribution >= 0.6 is 0 Å². The summed E-state index contributed by atoms with van der Waals surface area (Å²) in [4.78, 5) is 33.6. The number of anilines is 3. The van der Waals surface area contributed by atoms with Gasteiger partial charge in [0, 0.05) is 43.0 Å². The molecule has 2 N–H and O–H groups in total. The van der Waals surface area contributed by atoms with Crippen molar-refractivity contribution in [2.75, 3.05) is 48.8 Å². The maximum Gasteiger partial charge on any atom is 0.255 e. The van der Waals surface area contributed by atoms with Crippen LogP contribution in [0.2, 0.25) is 0 Å². The molecule has 2 amide bonds. The van der Waals surface area contributed by atoms with Crippen molar-refractivity contribution >= 4 is 40.0 Å². The Bertz CT molecular complexity index is 2630. The fourth-order valence-electron chi connectivity index (χ4n) is 8.22. The predicted octanol–water partition coefficient (Wildman–Crippen LogP) is 11.3. The van der Waals surface area contributed by atoms with Crippen LogP contribution in [0.1, 0.15) is 87.9 Å². The van der Waals surface area contributed by atoms with E-state index < -0.39 is 11.0 Å². The minimum absolute atomic E-state index is 0.138. The number of hydrogen-bond donors (Lipinski definition) is 2. The summed E-state index contributed by atoms with van der Waals surface area (Å²) in [5.74, 6) is 1.51. The van der Waals surface area contributed by atoms with Gasteiger partial charge in [-0.1, -0.05) is 55.7 Å². The summed E-state index contributed by atoms with van der Waals surface area (Å²) in [5, 5.41) is 14.9. The molecule has 0 radical (unpaired) electrons. The number of methoxy groups -OCH3 is 1. The lowest BCUT2D eigenvalue weighted by Gasteiger charge is -2.25. The van der Waals surface area contributed by atoms with Gasteiger partial charge in [0.2, 0.25) is 0 Å². The molecule has 2 aliphatic rings. The second kappa shape index (κ2) is 21.7. The highest BCUT2D eigenvalue weighted by Gasteiger charge is 2.19. The van der Waals surface area contributed by atoms with E-state index in [9.17, 15) is 13.8 Å². The first-order valence-electron chi connectivity index (χ1n) is 22.1. The van der Waals surface area contributed by atoms with Crippen LogP contribution in [-0.4, -0.2) is 58.6 Å². The Labute approximate surface area is 379 Å². The first-order chi connectivity index (χ1) is 31.1. The van der Waals surface area contributed by atoms with E-state index in [1.165, 1.54) is 32.1 Å². The lowest BCUT2D eigenvalue weighted by atomic mass is 9.95. The highest BCUT2D eigenvalue weighted by molar-refractivity contribution is 7.82. The molecular formula is C53H56N6O4S. The first kappa shape index (κ1) is 45.4. The lowest BCUT2D eigenvalue weighted by Crippen LogP contribution is -2.31. The Balaban J connectivity index is 0.000000191. The zero-order valence-corrected chi connectivity index (χ0v) is 38.0. The molecule has 1 aromatic heterocycles. The predicted molar refractivity (Wildman–Crippen MR) is 258 cm³/mol. The molecular weight excluding hydrogens is 817 g/mol. The molecule has 1 unspecified atom stereocenters. The van der Waals surface area contributed by atoms with E-state index in [0.29, 0.717) is 28.1 Å². The molecule has 328 valence electrons. The van der Waals surface area contributed by atoms with E-state index in [1.807, 2.05) is 97.0 Å². The third kappa shape index (κ3) is 11.3. The molecule has 10 nitrogen and oxygen atoms in total. The number of hydrogen-bond acceptors (Lipinski definition) is 7. The largest absolute Gasteiger partial charge is 0.496 e. The van der Waals surface area contributed by atoms with Crippen molar-refractivity contribution in [3.05, 3.63) is 155 Å². The Morgan fingerprint density at radius 3 is 1.98 bits per heavy atom. The summed E-state index contributed by atoms with van der Waals surface area (Å²) in [6.07, 6.45) is 10.1. The third-order valence-corrected chi connectivity index (χ3v) is 13.4. The summed E-state index contributed by atoms with van der Waals surface area (Å²) >= 11 is 0. The van der Waals surface area contributed by atoms with Gasteiger partial charge in [0.1, 0.15) is 22.6 Å². The highest BCUT2D eigenvalue weighted by atomic mass is 32.2. The fraction of sp³-hybridized carbons (Fsp3) is 0.283. The van der Waals surface area contributed by atoms with Crippen molar-refractivity contribution in [2.45, 2.75) is 70.6 Å². The average Bonchev–Trinajstić information content (AvgIpc) is 3.62. The van der Waals surface area contributed by atoms with Crippen LogP contribution < -0.4 is 20.3 Å². The summed E-state index contributed by atoms with van der Waals surface area (Å²) in [6, 6.07) is 38.2. The zero-order chi connectivity index (χ0) is 45.0. The number of ether oxygens (including phenoxy) is 1. The van der Waals surface area contributed by atoms with Crippen LogP contribution in [0.3, 0.4) is 0 Å². The van der Waals surface area contributed by atoms with Gasteiger partial charge in [-0.2, -0.15) is 5.26 Å². The third-order valence-electron chi connectivity index (χ3n) is 11.9. The maximum absolute atomic E-state index is 13.0. The molecule has 0 bridgehead atoms. The Hall–Kier alpha value is -6.61. The molecule has 2 fully saturated rings. The van der Waals surface area contributed by atoms with Crippen LogP contribution in [-0.2, 0) is 11.0 Å². The van der Waals surface area contributed by atoms with Crippen LogP contribution in [0, 0.1) is 32.1 Å². The number of carbonyl (C=O) groups excluding carboxylic acids is 2. The van der Waals surface area contributed by atoms with Crippen molar-refractivity contribution in [2.24, 2.45) is 0 Å². The van der Waals surface area contributed by atoms with Crippen molar-refractivity contribution in [1.29, 1.82) is 5.26 Å². The van der Waals surface area contributed by atoms with Gasteiger partial charge in [-0.15, -0.1) is 0 Å². The molecule has 2 aliphatic heterocycles. The molecule has 0 spiro atoms. The van der Waals surface area contributed by atoms with Crippen LogP contribution in [0.15, 0.2) is 126 Å². The van der Waals surface area contributed by atoms with Crippen LogP contribution in [0.25, 0.3) is 22.3 Å². The standard InChI is InChI=1S/C27H31N3O2.C26H25N3O2S/c1-19-8-9-22(17-24(19)21-10-12-25(32-3)20(2)16-21)27(31)29-23-11-13-26(28-18-23)30-14-6-4-5-7-15-30;1-19-24(21-10-8-20(18-27)9-11-21)6-5-7-25(19)26(30)28-22-12-14-23(15-13-22)32(31)29-16-3-2-4-17-29/h8-13,16-18H,4-7,14-15H2,1-3H3,(H,29,31);5-15H,2-4,16-17H2,1H3,(H,28,30). The van der Waals surface area contributed by atoms with Gasteiger partial charge in [0.05, 0.1) is 35.5 Å². The Morgan fingerprint density at radius 2 is 1.33 bits per heavy atom. The van der Waals surface area contributed by atoms with E-state index in [4.69, 9.17) is 10.00 Å². The van der Waals surface area contributed by atoms with Crippen molar-refractivity contribution in [3.8, 4) is 34.1 Å². The lowest BCUT2D eigenvalue weighted by molar-refractivity contribution is 0.101. The number of nitrogens with one attached hydrogen (secondary N) is 2. The molecule has 11 heteroatoms. The monoisotopic (exact) mass is 872 g/mol. The zero-order valence-electron chi connectivity index (χ0n) is 37.2. The van der Waals surface area contributed by atoms with E-state index >= 15 is 0 Å². The normalized spacial score (nSPS) is 14.5. The minimum atomic E-state index is -1.16. The summed E-state index contributed by atoms with van der Waals surface area (Å²) < 4.78 is 20.1.